The summed E-state index contributed by atoms with van der Waals surface area (Å²) in [5.74, 6) is 0.266. The number of nitrogens with zero attached hydrogens (tertiary/aromatic N) is 1. The van der Waals surface area contributed by atoms with Crippen molar-refractivity contribution in [3.05, 3.63) is 35.1 Å². The molecule has 0 bridgehead atoms. The molecule has 1 amide bonds. The molecule has 0 N–H and O–H groups in total. The first-order chi connectivity index (χ1) is 8.61. The standard InChI is InChI=1S/C14H17BrFNO/c1-10-7-12(16)4-5-13(10)14(18)17-6-2-3-11(8-15)9-17/h4-5,7,11H,2-3,6,8-9H2,1H3. The van der Waals surface area contributed by atoms with Crippen molar-refractivity contribution in [2.75, 3.05) is 18.4 Å². The number of hydrogen-bond donors (Lipinski definition) is 0. The number of piperidine rings is 1. The number of halogens is 2. The van der Waals surface area contributed by atoms with Gasteiger partial charge in [0.05, 0.1) is 0 Å². The van der Waals surface area contributed by atoms with E-state index in [1.165, 1.54) is 12.1 Å². The lowest BCUT2D eigenvalue weighted by Crippen LogP contribution is -2.40. The molecule has 1 atom stereocenters. The zero-order chi connectivity index (χ0) is 13.1. The molecule has 1 saturated heterocycles. The highest BCUT2D eigenvalue weighted by Gasteiger charge is 2.24. The van der Waals surface area contributed by atoms with Crippen LogP contribution in [0.3, 0.4) is 0 Å². The van der Waals surface area contributed by atoms with Crippen molar-refractivity contribution in [3.8, 4) is 0 Å². The molecule has 18 heavy (non-hydrogen) atoms. The van der Waals surface area contributed by atoms with Crippen LogP contribution in [0.25, 0.3) is 0 Å². The second kappa shape index (κ2) is 5.83. The molecule has 0 spiro atoms. The molecule has 0 aliphatic carbocycles. The average molecular weight is 314 g/mol. The molecule has 0 saturated carbocycles. The van der Waals surface area contributed by atoms with E-state index in [-0.39, 0.29) is 11.7 Å². The fraction of sp³-hybridized carbons (Fsp3) is 0.500. The summed E-state index contributed by atoms with van der Waals surface area (Å²) in [5, 5.41) is 0.930. The molecule has 1 aromatic rings. The third-order valence-electron chi connectivity index (χ3n) is 3.44. The van der Waals surface area contributed by atoms with Gasteiger partial charge in [0.2, 0.25) is 0 Å². The molecule has 2 nitrogen and oxygen atoms in total. The van der Waals surface area contributed by atoms with Crippen LogP contribution in [-0.4, -0.2) is 29.2 Å². The van der Waals surface area contributed by atoms with E-state index in [1.54, 1.807) is 13.0 Å². The number of amides is 1. The van der Waals surface area contributed by atoms with Crippen molar-refractivity contribution in [2.45, 2.75) is 19.8 Å². The SMILES string of the molecule is Cc1cc(F)ccc1C(=O)N1CCCC(CBr)C1. The van der Waals surface area contributed by atoms with Crippen LogP contribution in [0.1, 0.15) is 28.8 Å². The molecule has 1 aliphatic rings. The van der Waals surface area contributed by atoms with Crippen molar-refractivity contribution in [1.82, 2.24) is 4.90 Å². The average Bonchev–Trinajstić information content (AvgIpc) is 2.38. The van der Waals surface area contributed by atoms with Gasteiger partial charge in [0.1, 0.15) is 5.82 Å². The minimum absolute atomic E-state index is 0.0261. The fourth-order valence-corrected chi connectivity index (χ4v) is 2.94. The summed E-state index contributed by atoms with van der Waals surface area (Å²) >= 11 is 3.48. The minimum atomic E-state index is -0.291. The molecular formula is C14H17BrFNO. The van der Waals surface area contributed by atoms with Crippen LogP contribution in [0.15, 0.2) is 18.2 Å². The van der Waals surface area contributed by atoms with Crippen LogP contribution < -0.4 is 0 Å². The Hall–Kier alpha value is -0.900. The molecule has 1 heterocycles. The van der Waals surface area contributed by atoms with E-state index in [0.717, 1.165) is 31.3 Å². The van der Waals surface area contributed by atoms with Gasteiger partial charge in [-0.2, -0.15) is 0 Å². The number of rotatable bonds is 2. The van der Waals surface area contributed by atoms with E-state index in [0.29, 0.717) is 17.0 Å². The lowest BCUT2D eigenvalue weighted by molar-refractivity contribution is 0.0685. The van der Waals surface area contributed by atoms with E-state index < -0.39 is 0 Å². The number of benzene rings is 1. The van der Waals surface area contributed by atoms with E-state index in [4.69, 9.17) is 0 Å². The van der Waals surface area contributed by atoms with Gasteiger partial charge < -0.3 is 4.90 Å². The maximum atomic E-state index is 13.0. The van der Waals surface area contributed by atoms with E-state index in [2.05, 4.69) is 15.9 Å². The Balaban J connectivity index is 2.15. The van der Waals surface area contributed by atoms with Crippen LogP contribution in [0, 0.1) is 18.7 Å². The van der Waals surface area contributed by atoms with E-state index in [9.17, 15) is 9.18 Å². The summed E-state index contributed by atoms with van der Waals surface area (Å²) < 4.78 is 13.0. The van der Waals surface area contributed by atoms with Crippen LogP contribution in [0.4, 0.5) is 4.39 Å². The highest BCUT2D eigenvalue weighted by molar-refractivity contribution is 9.09. The molecule has 2 rings (SSSR count). The van der Waals surface area contributed by atoms with Crippen molar-refractivity contribution in [1.29, 1.82) is 0 Å². The lowest BCUT2D eigenvalue weighted by Gasteiger charge is -2.32. The van der Waals surface area contributed by atoms with Crippen LogP contribution in [-0.2, 0) is 0 Å². The Morgan fingerprint density at radius 3 is 3.00 bits per heavy atom. The molecule has 1 aromatic carbocycles. The van der Waals surface area contributed by atoms with Gasteiger partial charge >= 0.3 is 0 Å². The summed E-state index contributed by atoms with van der Waals surface area (Å²) in [5.41, 5.74) is 1.33. The molecule has 1 aliphatic heterocycles. The largest absolute Gasteiger partial charge is 0.338 e. The predicted octanol–water partition coefficient (Wildman–Crippen LogP) is 3.38. The second-order valence-corrected chi connectivity index (χ2v) is 5.52. The van der Waals surface area contributed by atoms with Gasteiger partial charge in [0.15, 0.2) is 0 Å². The first kappa shape index (κ1) is 13.5. The molecule has 98 valence electrons. The van der Waals surface area contributed by atoms with E-state index in [1.807, 2.05) is 4.90 Å². The first-order valence-electron chi connectivity index (χ1n) is 6.23. The van der Waals surface area contributed by atoms with Crippen molar-refractivity contribution in [3.63, 3.8) is 0 Å². The molecule has 4 heteroatoms. The monoisotopic (exact) mass is 313 g/mol. The Labute approximate surface area is 115 Å². The molecule has 0 radical (unpaired) electrons. The number of carbonyl (C=O) groups excluding carboxylic acids is 1. The van der Waals surface area contributed by atoms with Gasteiger partial charge in [-0.1, -0.05) is 15.9 Å². The highest BCUT2D eigenvalue weighted by atomic mass is 79.9. The van der Waals surface area contributed by atoms with Crippen LogP contribution >= 0.6 is 15.9 Å². The topological polar surface area (TPSA) is 20.3 Å². The Kier molecular flexibility index (Phi) is 4.38. The zero-order valence-corrected chi connectivity index (χ0v) is 12.0. The Morgan fingerprint density at radius 1 is 1.56 bits per heavy atom. The first-order valence-corrected chi connectivity index (χ1v) is 7.35. The van der Waals surface area contributed by atoms with Gasteiger partial charge in [-0.25, -0.2) is 4.39 Å². The fourth-order valence-electron chi connectivity index (χ4n) is 2.41. The molecular weight excluding hydrogens is 297 g/mol. The zero-order valence-electron chi connectivity index (χ0n) is 10.5. The van der Waals surface area contributed by atoms with Gasteiger partial charge in [-0.3, -0.25) is 4.79 Å². The third kappa shape index (κ3) is 2.91. The van der Waals surface area contributed by atoms with Gasteiger partial charge in [0, 0.05) is 24.0 Å². The molecule has 0 aromatic heterocycles. The van der Waals surface area contributed by atoms with Crippen LogP contribution in [0.5, 0.6) is 0 Å². The summed E-state index contributed by atoms with van der Waals surface area (Å²) in [6.07, 6.45) is 2.21. The van der Waals surface area contributed by atoms with Crippen molar-refractivity contribution >= 4 is 21.8 Å². The van der Waals surface area contributed by atoms with Crippen LogP contribution in [0.2, 0.25) is 0 Å². The third-order valence-corrected chi connectivity index (χ3v) is 4.36. The minimum Gasteiger partial charge on any atom is -0.338 e. The summed E-state index contributed by atoms with van der Waals surface area (Å²) in [6.45, 7) is 3.38. The normalized spacial score (nSPS) is 19.9. The molecule has 1 unspecified atom stereocenters. The maximum Gasteiger partial charge on any atom is 0.254 e. The lowest BCUT2D eigenvalue weighted by atomic mass is 9.98. The smallest absolute Gasteiger partial charge is 0.254 e. The summed E-state index contributed by atoms with van der Waals surface area (Å²) in [6, 6.07) is 4.36. The van der Waals surface area contributed by atoms with Gasteiger partial charge in [-0.15, -0.1) is 0 Å². The van der Waals surface area contributed by atoms with Gasteiger partial charge in [-0.05, 0) is 49.4 Å². The van der Waals surface area contributed by atoms with Crippen molar-refractivity contribution in [2.24, 2.45) is 5.92 Å². The Bertz CT molecular complexity index is 449. The second-order valence-electron chi connectivity index (χ2n) is 4.87. The number of hydrogen-bond acceptors (Lipinski definition) is 1. The quantitative estimate of drug-likeness (QED) is 0.766. The Morgan fingerprint density at radius 2 is 2.33 bits per heavy atom. The summed E-state index contributed by atoms with van der Waals surface area (Å²) in [7, 11) is 0. The molecule has 1 fully saturated rings. The highest BCUT2D eigenvalue weighted by Crippen LogP contribution is 2.21. The number of likely N-dealkylation sites (tertiary alicyclic amines) is 1. The van der Waals surface area contributed by atoms with Crippen molar-refractivity contribution < 1.29 is 9.18 Å². The number of carbonyl (C=O) groups is 1. The number of aryl methyl sites for hydroxylation is 1. The maximum absolute atomic E-state index is 13.0. The predicted molar refractivity (Wildman–Crippen MR) is 73.6 cm³/mol. The van der Waals surface area contributed by atoms with E-state index >= 15 is 0 Å². The number of alkyl halides is 1. The summed E-state index contributed by atoms with van der Waals surface area (Å²) in [4.78, 5) is 14.3. The van der Waals surface area contributed by atoms with Gasteiger partial charge in [0.25, 0.3) is 5.91 Å².